The molecule has 20 heavy (non-hydrogen) atoms. The van der Waals surface area contributed by atoms with Gasteiger partial charge >= 0.3 is 0 Å². The van der Waals surface area contributed by atoms with Gasteiger partial charge in [-0.05, 0) is 24.3 Å². The number of halogens is 3. The molecule has 0 amide bonds. The maximum absolute atomic E-state index is 13.4. The van der Waals surface area contributed by atoms with Gasteiger partial charge in [0.25, 0.3) is 11.5 Å². The molecule has 0 fully saturated rings. The van der Waals surface area contributed by atoms with Crippen molar-refractivity contribution >= 4 is 40.4 Å². The number of benzene rings is 2. The van der Waals surface area contributed by atoms with E-state index in [0.717, 1.165) is 0 Å². The van der Waals surface area contributed by atoms with E-state index < -0.39 is 11.6 Å². The van der Waals surface area contributed by atoms with Crippen molar-refractivity contribution in [1.29, 1.82) is 0 Å². The van der Waals surface area contributed by atoms with E-state index >= 15 is 0 Å². The molecule has 0 unspecified atom stereocenters. The summed E-state index contributed by atoms with van der Waals surface area (Å²) in [5.74, 6) is -1.25. The van der Waals surface area contributed by atoms with Crippen LogP contribution in [0.25, 0.3) is 0 Å². The average molecular weight is 312 g/mol. The lowest BCUT2D eigenvalue weighted by Gasteiger charge is -2.06. The Morgan fingerprint density at radius 2 is 1.65 bits per heavy atom. The molecule has 0 aromatic heterocycles. The number of nitrogens with two attached hydrogens (primary N) is 2. The van der Waals surface area contributed by atoms with Crippen molar-refractivity contribution in [3.8, 4) is 0 Å². The number of anilines is 1. The molecule has 2 aromatic carbocycles. The summed E-state index contributed by atoms with van der Waals surface area (Å²) >= 11 is 11.9. The number of carbonyl (C=O) groups excluding carboxylic acids is 1. The van der Waals surface area contributed by atoms with E-state index in [0.29, 0.717) is 0 Å². The van der Waals surface area contributed by atoms with Crippen LogP contribution in [0.5, 0.6) is 0 Å². The van der Waals surface area contributed by atoms with Gasteiger partial charge < -0.3 is 5.73 Å². The summed E-state index contributed by atoms with van der Waals surface area (Å²) in [6, 6.07) is 8.69. The molecule has 0 saturated heterocycles. The molecule has 2 aromatic rings. The van der Waals surface area contributed by atoms with Crippen molar-refractivity contribution in [3.05, 3.63) is 63.4 Å². The summed E-state index contributed by atoms with van der Waals surface area (Å²) < 4.78 is 13.4. The summed E-state index contributed by atoms with van der Waals surface area (Å²) in [4.78, 5) is 12.3. The Morgan fingerprint density at radius 3 is 2.25 bits per heavy atom. The highest BCUT2D eigenvalue weighted by Crippen LogP contribution is 2.26. The van der Waals surface area contributed by atoms with Crippen LogP contribution in [-0.2, 0) is 0 Å². The zero-order valence-electron chi connectivity index (χ0n) is 10.2. The number of Topliss-reactive ketones (excluding diaryl/α,β-unsaturated/α-hetero) is 1. The first-order chi connectivity index (χ1) is 9.43. The zero-order valence-corrected chi connectivity index (χ0v) is 11.7. The number of hydrogen-bond acceptors (Lipinski definition) is 2. The van der Waals surface area contributed by atoms with Crippen LogP contribution in [0, 0.1) is 5.82 Å². The smallest absolute Gasteiger partial charge is 0.259 e. The van der Waals surface area contributed by atoms with E-state index in [1.165, 1.54) is 30.3 Å². The third kappa shape index (κ3) is 2.53. The summed E-state index contributed by atoms with van der Waals surface area (Å²) in [6.45, 7) is 0. The quantitative estimate of drug-likeness (QED) is 0.518. The monoisotopic (exact) mass is 311 g/mol. The van der Waals surface area contributed by atoms with Gasteiger partial charge in [0.05, 0.1) is 26.9 Å². The second kappa shape index (κ2) is 5.61. The Hall–Kier alpha value is -1.91. The van der Waals surface area contributed by atoms with Crippen molar-refractivity contribution in [2.45, 2.75) is 0 Å². The molecule has 0 aliphatic carbocycles. The number of hydrogen-bond donors (Lipinski definition) is 2. The Morgan fingerprint density at radius 1 is 1.10 bits per heavy atom. The van der Waals surface area contributed by atoms with Crippen LogP contribution in [0.3, 0.4) is 0 Å². The maximum Gasteiger partial charge on any atom is 0.259 e. The SMILES string of the molecule is Nc1c(F)cccc1C(=[NH2+])C(=O)c1c(Cl)cccc1Cl. The van der Waals surface area contributed by atoms with Crippen LogP contribution in [0.2, 0.25) is 10.0 Å². The molecule has 0 aliphatic rings. The van der Waals surface area contributed by atoms with Gasteiger partial charge in [-0.1, -0.05) is 35.3 Å². The molecule has 0 aliphatic heterocycles. The second-order valence-corrected chi connectivity index (χ2v) is 4.85. The fraction of sp³-hybridized carbons (Fsp3) is 0. The summed E-state index contributed by atoms with van der Waals surface area (Å²) in [7, 11) is 0. The fourth-order valence-electron chi connectivity index (χ4n) is 1.74. The lowest BCUT2D eigenvalue weighted by molar-refractivity contribution is -0.111. The van der Waals surface area contributed by atoms with Crippen molar-refractivity contribution in [1.82, 2.24) is 0 Å². The van der Waals surface area contributed by atoms with Crippen LogP contribution in [0.15, 0.2) is 36.4 Å². The Balaban J connectivity index is 2.49. The first kappa shape index (κ1) is 14.5. The third-order valence-corrected chi connectivity index (χ3v) is 3.41. The number of nitrogen functional groups attached to an aromatic ring is 1. The molecule has 3 nitrogen and oxygen atoms in total. The lowest BCUT2D eigenvalue weighted by Crippen LogP contribution is -2.46. The van der Waals surface area contributed by atoms with Crippen molar-refractivity contribution in [3.63, 3.8) is 0 Å². The second-order valence-electron chi connectivity index (χ2n) is 4.04. The maximum atomic E-state index is 13.4. The molecular formula is C14H10Cl2FN2O+. The third-order valence-electron chi connectivity index (χ3n) is 2.78. The highest BCUT2D eigenvalue weighted by molar-refractivity contribution is 6.55. The number of para-hydroxylation sites is 1. The molecule has 0 spiro atoms. The van der Waals surface area contributed by atoms with E-state index in [2.05, 4.69) is 0 Å². The Bertz CT molecular complexity index is 696. The highest BCUT2D eigenvalue weighted by atomic mass is 35.5. The minimum absolute atomic E-state index is 0.0667. The average Bonchev–Trinajstić information content (AvgIpc) is 2.41. The normalized spacial score (nSPS) is 10.3. The van der Waals surface area contributed by atoms with Gasteiger partial charge in [0.15, 0.2) is 0 Å². The minimum Gasteiger partial charge on any atom is -0.396 e. The predicted octanol–water partition coefficient (Wildman–Crippen LogP) is 2.15. The standard InChI is InChI=1S/C14H9Cl2FN2O/c15-8-4-2-5-9(16)11(8)14(20)13(19)7-3-1-6-10(17)12(7)18/h1-6,19H,18H2/p+1. The molecule has 6 heteroatoms. The topological polar surface area (TPSA) is 68.7 Å². The molecule has 0 bridgehead atoms. The van der Waals surface area contributed by atoms with E-state index in [1.807, 2.05) is 0 Å². The van der Waals surface area contributed by atoms with Crippen molar-refractivity contribution in [2.24, 2.45) is 0 Å². The molecule has 4 N–H and O–H groups in total. The summed E-state index contributed by atoms with van der Waals surface area (Å²) in [5.41, 5.74) is 5.36. The first-order valence-electron chi connectivity index (χ1n) is 5.59. The molecule has 0 heterocycles. The van der Waals surface area contributed by atoms with Gasteiger partial charge in [0.1, 0.15) is 5.82 Å². The number of ketones is 1. The molecule has 2 rings (SSSR count). The van der Waals surface area contributed by atoms with Crippen LogP contribution in [0.1, 0.15) is 15.9 Å². The van der Waals surface area contributed by atoms with E-state index in [-0.39, 0.29) is 32.6 Å². The Labute approximate surface area is 124 Å². The van der Waals surface area contributed by atoms with Crippen LogP contribution < -0.4 is 11.1 Å². The molecule has 0 radical (unpaired) electrons. The van der Waals surface area contributed by atoms with Crippen molar-refractivity contribution in [2.75, 3.05) is 5.73 Å². The van der Waals surface area contributed by atoms with Crippen LogP contribution in [0.4, 0.5) is 10.1 Å². The van der Waals surface area contributed by atoms with E-state index in [4.69, 9.17) is 34.3 Å². The first-order valence-corrected chi connectivity index (χ1v) is 6.34. The van der Waals surface area contributed by atoms with Gasteiger partial charge in [-0.15, -0.1) is 0 Å². The highest BCUT2D eigenvalue weighted by Gasteiger charge is 2.26. The van der Waals surface area contributed by atoms with Gasteiger partial charge in [-0.3, -0.25) is 10.2 Å². The minimum atomic E-state index is -0.650. The molecule has 0 atom stereocenters. The summed E-state index contributed by atoms with van der Waals surface area (Å²) in [6.07, 6.45) is 0. The predicted molar refractivity (Wildman–Crippen MR) is 77.6 cm³/mol. The largest absolute Gasteiger partial charge is 0.396 e. The molecule has 0 saturated carbocycles. The van der Waals surface area contributed by atoms with Gasteiger partial charge in [0, 0.05) is 0 Å². The van der Waals surface area contributed by atoms with Crippen LogP contribution >= 0.6 is 23.2 Å². The zero-order chi connectivity index (χ0) is 14.9. The fourth-order valence-corrected chi connectivity index (χ4v) is 2.31. The molecule has 102 valence electrons. The number of rotatable bonds is 3. The summed E-state index contributed by atoms with van der Waals surface area (Å²) in [5, 5.41) is 6.12. The van der Waals surface area contributed by atoms with Gasteiger partial charge in [0.2, 0.25) is 0 Å². The van der Waals surface area contributed by atoms with Gasteiger partial charge in [-0.2, -0.15) is 0 Å². The van der Waals surface area contributed by atoms with E-state index in [9.17, 15) is 9.18 Å². The van der Waals surface area contributed by atoms with Crippen LogP contribution in [-0.4, -0.2) is 11.5 Å². The van der Waals surface area contributed by atoms with Gasteiger partial charge in [-0.25, -0.2) is 4.39 Å². The van der Waals surface area contributed by atoms with E-state index in [1.54, 1.807) is 6.07 Å². The molecular weight excluding hydrogens is 302 g/mol. The lowest BCUT2D eigenvalue weighted by atomic mass is 9.99. The van der Waals surface area contributed by atoms with Crippen molar-refractivity contribution < 1.29 is 14.6 Å². The number of carbonyl (C=O) groups is 1. The Kier molecular flexibility index (Phi) is 4.06.